The van der Waals surface area contributed by atoms with Crippen LogP contribution in [0.2, 0.25) is 0 Å². The van der Waals surface area contributed by atoms with Crippen LogP contribution >= 0.6 is 11.3 Å². The number of anilines is 1. The molecule has 0 aliphatic rings. The molecule has 1 aromatic heterocycles. The molecule has 0 aliphatic heterocycles. The zero-order valence-corrected chi connectivity index (χ0v) is 16.1. The van der Waals surface area contributed by atoms with Crippen LogP contribution in [0.25, 0.3) is 0 Å². The molecule has 7 nitrogen and oxygen atoms in total. The number of carbonyl (C=O) groups is 1. The molecule has 0 bridgehead atoms. The smallest absolute Gasteiger partial charge is 0.283 e. The molecule has 1 amide bonds. The summed E-state index contributed by atoms with van der Waals surface area (Å²) in [5.74, 6) is 1.03. The lowest BCUT2D eigenvalue weighted by molar-refractivity contribution is 0.0958. The van der Waals surface area contributed by atoms with Gasteiger partial charge in [-0.05, 0) is 44.0 Å². The van der Waals surface area contributed by atoms with E-state index in [2.05, 4.69) is 22.4 Å². The van der Waals surface area contributed by atoms with Gasteiger partial charge in [0, 0.05) is 0 Å². The molecule has 0 fully saturated rings. The predicted molar refractivity (Wildman–Crippen MR) is 104 cm³/mol. The quantitative estimate of drug-likeness (QED) is 0.397. The molecule has 0 saturated carbocycles. The minimum atomic E-state index is -0.335. The molecule has 0 spiro atoms. The molecule has 0 aliphatic carbocycles. The number of thiazole rings is 1. The van der Waals surface area contributed by atoms with Crippen molar-refractivity contribution in [3.8, 4) is 11.5 Å². The monoisotopic (exact) mass is 376 g/mol. The summed E-state index contributed by atoms with van der Waals surface area (Å²) in [6.07, 6.45) is 3.58. The number of unbranched alkanes of at least 4 members (excludes halogenated alkanes) is 1. The van der Waals surface area contributed by atoms with Crippen molar-refractivity contribution in [2.24, 2.45) is 5.10 Å². The maximum Gasteiger partial charge on any atom is 0.283 e. The highest BCUT2D eigenvalue weighted by Crippen LogP contribution is 2.28. The van der Waals surface area contributed by atoms with Gasteiger partial charge in [0.2, 0.25) is 0 Å². The van der Waals surface area contributed by atoms with Crippen molar-refractivity contribution in [1.29, 1.82) is 0 Å². The molecular weight excluding hydrogens is 352 g/mol. The molecule has 0 saturated heterocycles. The molecule has 2 aromatic rings. The van der Waals surface area contributed by atoms with Crippen molar-refractivity contribution in [3.05, 3.63) is 34.3 Å². The van der Waals surface area contributed by atoms with E-state index in [-0.39, 0.29) is 5.91 Å². The number of nitrogen functional groups attached to an aromatic ring is 1. The van der Waals surface area contributed by atoms with Crippen LogP contribution in [0, 0.1) is 6.92 Å². The van der Waals surface area contributed by atoms with E-state index in [9.17, 15) is 4.79 Å². The van der Waals surface area contributed by atoms with Crippen LogP contribution in [0.3, 0.4) is 0 Å². The first-order valence-electron chi connectivity index (χ1n) is 8.51. The van der Waals surface area contributed by atoms with E-state index in [4.69, 9.17) is 15.2 Å². The molecule has 0 atom stereocenters. The number of nitrogens with one attached hydrogen (secondary N) is 1. The van der Waals surface area contributed by atoms with E-state index < -0.39 is 0 Å². The van der Waals surface area contributed by atoms with Crippen molar-refractivity contribution < 1.29 is 14.3 Å². The summed E-state index contributed by atoms with van der Waals surface area (Å²) in [5, 5.41) is 4.36. The van der Waals surface area contributed by atoms with Gasteiger partial charge in [-0.2, -0.15) is 5.10 Å². The summed E-state index contributed by atoms with van der Waals surface area (Å²) in [4.78, 5) is 16.6. The number of carbonyl (C=O) groups excluding carboxylic acids is 1. The Hall–Kier alpha value is -2.61. The molecule has 1 heterocycles. The number of rotatable bonds is 9. The third-order valence-corrected chi connectivity index (χ3v) is 4.41. The first kappa shape index (κ1) is 19.7. The van der Waals surface area contributed by atoms with E-state index in [0.29, 0.717) is 40.4 Å². The van der Waals surface area contributed by atoms with Crippen molar-refractivity contribution in [3.63, 3.8) is 0 Å². The fourth-order valence-corrected chi connectivity index (χ4v) is 2.89. The maximum atomic E-state index is 12.1. The van der Waals surface area contributed by atoms with Gasteiger partial charge in [0.15, 0.2) is 16.6 Å². The average Bonchev–Trinajstić information content (AvgIpc) is 2.95. The number of nitrogens with two attached hydrogens (primary N) is 1. The van der Waals surface area contributed by atoms with Gasteiger partial charge in [0.05, 0.1) is 25.1 Å². The first-order valence-corrected chi connectivity index (χ1v) is 9.32. The number of aryl methyl sites for hydroxylation is 1. The standard InChI is InChI=1S/C18H24N4O3S/c1-4-6-9-25-15-10-13(7-8-14(15)24-5-2)11-20-22-17(23)16-12(3)21-18(19)26-16/h7-8,10-11H,4-6,9H2,1-3H3,(H2,19,21)(H,22,23). The van der Waals surface area contributed by atoms with Gasteiger partial charge in [-0.3, -0.25) is 4.79 Å². The number of benzene rings is 1. The highest BCUT2D eigenvalue weighted by atomic mass is 32.1. The van der Waals surface area contributed by atoms with Crippen LogP contribution in [-0.4, -0.2) is 30.3 Å². The first-order chi connectivity index (χ1) is 12.5. The topological polar surface area (TPSA) is 98.8 Å². The normalized spacial score (nSPS) is 10.9. The molecule has 2 rings (SSSR count). The van der Waals surface area contributed by atoms with E-state index in [0.717, 1.165) is 29.7 Å². The summed E-state index contributed by atoms with van der Waals surface area (Å²) in [6.45, 7) is 6.95. The van der Waals surface area contributed by atoms with Crippen molar-refractivity contribution >= 4 is 28.6 Å². The SMILES string of the molecule is CCCCOc1cc(C=NNC(=O)c2sc(N)nc2C)ccc1OCC. The molecule has 8 heteroatoms. The number of nitrogens with zero attached hydrogens (tertiary/aromatic N) is 2. The number of ether oxygens (including phenoxy) is 2. The molecule has 140 valence electrons. The fourth-order valence-electron chi connectivity index (χ4n) is 2.16. The second-order valence-electron chi connectivity index (χ2n) is 5.51. The summed E-state index contributed by atoms with van der Waals surface area (Å²) >= 11 is 1.13. The lowest BCUT2D eigenvalue weighted by Gasteiger charge is -2.12. The van der Waals surface area contributed by atoms with Gasteiger partial charge in [-0.25, -0.2) is 10.4 Å². The van der Waals surface area contributed by atoms with Crippen LogP contribution in [0.5, 0.6) is 11.5 Å². The van der Waals surface area contributed by atoms with Gasteiger partial charge >= 0.3 is 0 Å². The number of amides is 1. The average molecular weight is 376 g/mol. The number of hydrazone groups is 1. The van der Waals surface area contributed by atoms with Gasteiger partial charge in [-0.15, -0.1) is 0 Å². The molecule has 1 aromatic carbocycles. The second kappa shape index (κ2) is 9.76. The van der Waals surface area contributed by atoms with Gasteiger partial charge in [0.1, 0.15) is 4.88 Å². The van der Waals surface area contributed by atoms with E-state index in [1.807, 2.05) is 25.1 Å². The summed E-state index contributed by atoms with van der Waals surface area (Å²) in [5.41, 5.74) is 9.48. The van der Waals surface area contributed by atoms with Crippen LogP contribution in [0.1, 0.15) is 47.6 Å². The Bertz CT molecular complexity index is 774. The van der Waals surface area contributed by atoms with Crippen LogP contribution < -0.4 is 20.6 Å². The number of hydrogen-bond donors (Lipinski definition) is 2. The van der Waals surface area contributed by atoms with Crippen LogP contribution in [0.4, 0.5) is 5.13 Å². The molecular formula is C18H24N4O3S. The molecule has 0 radical (unpaired) electrons. The Morgan fingerprint density at radius 3 is 2.81 bits per heavy atom. The Labute approximate surface area is 157 Å². The van der Waals surface area contributed by atoms with E-state index in [1.54, 1.807) is 13.1 Å². The van der Waals surface area contributed by atoms with Gasteiger partial charge in [-0.1, -0.05) is 24.7 Å². The van der Waals surface area contributed by atoms with Gasteiger partial charge in [0.25, 0.3) is 5.91 Å². The minimum absolute atomic E-state index is 0.335. The fraction of sp³-hybridized carbons (Fsp3) is 0.389. The highest BCUT2D eigenvalue weighted by molar-refractivity contribution is 7.17. The lowest BCUT2D eigenvalue weighted by Crippen LogP contribution is -2.17. The third kappa shape index (κ3) is 5.45. The second-order valence-corrected chi connectivity index (χ2v) is 6.54. The van der Waals surface area contributed by atoms with Crippen LogP contribution in [0.15, 0.2) is 23.3 Å². The molecule has 0 unspecified atom stereocenters. The third-order valence-electron chi connectivity index (χ3n) is 3.42. The summed E-state index contributed by atoms with van der Waals surface area (Å²) in [7, 11) is 0. The van der Waals surface area contributed by atoms with Crippen molar-refractivity contribution in [2.45, 2.75) is 33.6 Å². The number of aromatic nitrogens is 1. The molecule has 3 N–H and O–H groups in total. The van der Waals surface area contributed by atoms with E-state index in [1.165, 1.54) is 0 Å². The predicted octanol–water partition coefficient (Wildman–Crippen LogP) is 3.38. The highest BCUT2D eigenvalue weighted by Gasteiger charge is 2.13. The summed E-state index contributed by atoms with van der Waals surface area (Å²) in [6, 6.07) is 5.53. The zero-order chi connectivity index (χ0) is 18.9. The minimum Gasteiger partial charge on any atom is -0.490 e. The van der Waals surface area contributed by atoms with E-state index >= 15 is 0 Å². The number of hydrogen-bond acceptors (Lipinski definition) is 7. The van der Waals surface area contributed by atoms with Crippen LogP contribution in [-0.2, 0) is 0 Å². The Kier molecular flexibility index (Phi) is 7.40. The summed E-state index contributed by atoms with van der Waals surface area (Å²) < 4.78 is 11.4. The van der Waals surface area contributed by atoms with Crippen molar-refractivity contribution in [1.82, 2.24) is 10.4 Å². The van der Waals surface area contributed by atoms with Crippen molar-refractivity contribution in [2.75, 3.05) is 18.9 Å². The Morgan fingerprint density at radius 1 is 1.35 bits per heavy atom. The largest absolute Gasteiger partial charge is 0.490 e. The molecule has 26 heavy (non-hydrogen) atoms. The van der Waals surface area contributed by atoms with Gasteiger partial charge < -0.3 is 15.2 Å². The Balaban J connectivity index is 2.05. The maximum absolute atomic E-state index is 12.1. The lowest BCUT2D eigenvalue weighted by atomic mass is 10.2. The Morgan fingerprint density at radius 2 is 2.15 bits per heavy atom. The zero-order valence-electron chi connectivity index (χ0n) is 15.2.